The third-order valence-electron chi connectivity index (χ3n) is 2.24. The molecule has 0 aromatic heterocycles. The molecule has 0 amide bonds. The molecule has 0 fully saturated rings. The van der Waals surface area contributed by atoms with Gasteiger partial charge in [0.25, 0.3) is 0 Å². The first kappa shape index (κ1) is 12.1. The quantitative estimate of drug-likeness (QED) is 0.853. The normalized spacial score (nSPS) is 11.9. The summed E-state index contributed by atoms with van der Waals surface area (Å²) >= 11 is 3.51. The first-order valence-electron chi connectivity index (χ1n) is 4.76. The highest BCUT2D eigenvalue weighted by atomic mass is 79.9. The second-order valence-electron chi connectivity index (χ2n) is 3.55. The van der Waals surface area contributed by atoms with Crippen LogP contribution in [0.1, 0.15) is 18.5 Å². The van der Waals surface area contributed by atoms with Crippen LogP contribution in [-0.2, 0) is 0 Å². The Labute approximate surface area is 99.6 Å². The van der Waals surface area contributed by atoms with E-state index in [1.54, 1.807) is 0 Å². The van der Waals surface area contributed by atoms with Gasteiger partial charge in [0.2, 0.25) is 0 Å². The number of terminal acetylenes is 1. The second kappa shape index (κ2) is 5.20. The van der Waals surface area contributed by atoms with Crippen LogP contribution in [0.5, 0.6) is 0 Å². The summed E-state index contributed by atoms with van der Waals surface area (Å²) < 4.78 is 1.03. The van der Waals surface area contributed by atoms with E-state index in [-0.39, 0.29) is 6.04 Å². The number of nitrogens with two attached hydrogens (primary N) is 1. The molecule has 0 saturated carbocycles. The maximum atomic E-state index is 5.82. The molecule has 0 aliphatic heterocycles. The van der Waals surface area contributed by atoms with Crippen LogP contribution in [0.2, 0.25) is 0 Å². The summed E-state index contributed by atoms with van der Waals surface area (Å²) in [4.78, 5) is 2.01. The molecule has 0 aliphatic carbocycles. The van der Waals surface area contributed by atoms with Crippen LogP contribution in [0.25, 0.3) is 0 Å². The van der Waals surface area contributed by atoms with Gasteiger partial charge in [0.1, 0.15) is 0 Å². The van der Waals surface area contributed by atoms with Crippen molar-refractivity contribution in [2.75, 3.05) is 18.5 Å². The fourth-order valence-electron chi connectivity index (χ4n) is 1.35. The zero-order valence-corrected chi connectivity index (χ0v) is 10.6. The van der Waals surface area contributed by atoms with Gasteiger partial charge in [0.15, 0.2) is 0 Å². The Morgan fingerprint density at radius 3 is 2.73 bits per heavy atom. The number of halogens is 1. The summed E-state index contributed by atoms with van der Waals surface area (Å²) in [6.07, 6.45) is 5.26. The summed E-state index contributed by atoms with van der Waals surface area (Å²) in [5, 5.41) is 0. The van der Waals surface area contributed by atoms with Gasteiger partial charge in [-0.05, 0) is 24.6 Å². The number of hydrogen-bond donors (Lipinski definition) is 1. The van der Waals surface area contributed by atoms with Crippen LogP contribution in [0.15, 0.2) is 22.7 Å². The van der Waals surface area contributed by atoms with Crippen molar-refractivity contribution in [3.8, 4) is 12.3 Å². The Bertz CT molecular complexity index is 380. The highest BCUT2D eigenvalue weighted by Gasteiger charge is 2.07. The first-order valence-corrected chi connectivity index (χ1v) is 5.55. The molecule has 1 atom stereocenters. The molecular formula is C12H15BrN2. The largest absolute Gasteiger partial charge is 0.363 e. The Kier molecular flexibility index (Phi) is 4.19. The van der Waals surface area contributed by atoms with E-state index in [9.17, 15) is 0 Å². The van der Waals surface area contributed by atoms with E-state index in [1.807, 2.05) is 37.1 Å². The van der Waals surface area contributed by atoms with Crippen LogP contribution < -0.4 is 10.6 Å². The number of rotatable bonds is 3. The summed E-state index contributed by atoms with van der Waals surface area (Å²) in [5.74, 6) is 2.61. The van der Waals surface area contributed by atoms with E-state index in [0.717, 1.165) is 15.7 Å². The fourth-order valence-corrected chi connectivity index (χ4v) is 2.08. The van der Waals surface area contributed by atoms with Gasteiger partial charge in [-0.25, -0.2) is 0 Å². The monoisotopic (exact) mass is 266 g/mol. The summed E-state index contributed by atoms with van der Waals surface area (Å²) in [7, 11) is 1.97. The number of benzene rings is 1. The molecule has 3 heteroatoms. The van der Waals surface area contributed by atoms with Crippen molar-refractivity contribution in [2.45, 2.75) is 13.0 Å². The summed E-state index contributed by atoms with van der Waals surface area (Å²) in [6.45, 7) is 2.56. The van der Waals surface area contributed by atoms with E-state index >= 15 is 0 Å². The molecule has 0 radical (unpaired) electrons. The topological polar surface area (TPSA) is 29.3 Å². The van der Waals surface area contributed by atoms with Crippen molar-refractivity contribution in [3.63, 3.8) is 0 Å². The van der Waals surface area contributed by atoms with Crippen molar-refractivity contribution >= 4 is 21.6 Å². The van der Waals surface area contributed by atoms with Crippen LogP contribution >= 0.6 is 15.9 Å². The smallest absolute Gasteiger partial charge is 0.0788 e. The Morgan fingerprint density at radius 1 is 1.60 bits per heavy atom. The van der Waals surface area contributed by atoms with Crippen molar-refractivity contribution < 1.29 is 0 Å². The highest BCUT2D eigenvalue weighted by molar-refractivity contribution is 9.10. The lowest BCUT2D eigenvalue weighted by Gasteiger charge is -2.18. The zero-order valence-electron chi connectivity index (χ0n) is 9.00. The van der Waals surface area contributed by atoms with E-state index in [4.69, 9.17) is 12.2 Å². The van der Waals surface area contributed by atoms with E-state index in [0.29, 0.717) is 6.54 Å². The van der Waals surface area contributed by atoms with Gasteiger partial charge < -0.3 is 10.6 Å². The van der Waals surface area contributed by atoms with Gasteiger partial charge >= 0.3 is 0 Å². The van der Waals surface area contributed by atoms with Crippen LogP contribution in [0.4, 0.5) is 5.69 Å². The van der Waals surface area contributed by atoms with Crippen molar-refractivity contribution in [1.82, 2.24) is 0 Å². The molecule has 0 unspecified atom stereocenters. The molecule has 80 valence electrons. The molecule has 1 rings (SSSR count). The maximum absolute atomic E-state index is 5.82. The predicted molar refractivity (Wildman–Crippen MR) is 68.8 cm³/mol. The lowest BCUT2D eigenvalue weighted by atomic mass is 10.1. The van der Waals surface area contributed by atoms with Crippen LogP contribution in [0.3, 0.4) is 0 Å². The highest BCUT2D eigenvalue weighted by Crippen LogP contribution is 2.26. The minimum absolute atomic E-state index is 0.0337. The molecule has 0 spiro atoms. The summed E-state index contributed by atoms with van der Waals surface area (Å²) in [5.41, 5.74) is 8.02. The van der Waals surface area contributed by atoms with E-state index in [2.05, 4.69) is 21.9 Å². The SMILES string of the molecule is C#CCN(C)c1ccc([C@@H](C)N)c(Br)c1. The average Bonchev–Trinajstić information content (AvgIpc) is 2.17. The number of nitrogens with zero attached hydrogens (tertiary/aromatic N) is 1. The van der Waals surface area contributed by atoms with Crippen LogP contribution in [-0.4, -0.2) is 13.6 Å². The molecule has 0 heterocycles. The average molecular weight is 267 g/mol. The van der Waals surface area contributed by atoms with Crippen molar-refractivity contribution in [3.05, 3.63) is 28.2 Å². The first-order chi connectivity index (χ1) is 7.06. The zero-order chi connectivity index (χ0) is 11.4. The Hall–Kier alpha value is -0.980. The molecule has 15 heavy (non-hydrogen) atoms. The standard InChI is InChI=1S/C12H15BrN2/c1-4-7-15(3)10-5-6-11(9(2)14)12(13)8-10/h1,5-6,8-9H,7,14H2,2-3H3/t9-/m1/s1. The number of anilines is 1. The van der Waals surface area contributed by atoms with Gasteiger partial charge in [-0.15, -0.1) is 6.42 Å². The molecule has 2 N–H and O–H groups in total. The van der Waals surface area contributed by atoms with Gasteiger partial charge in [0, 0.05) is 23.2 Å². The minimum Gasteiger partial charge on any atom is -0.363 e. The van der Waals surface area contributed by atoms with E-state index < -0.39 is 0 Å². The Balaban J connectivity index is 2.97. The van der Waals surface area contributed by atoms with Gasteiger partial charge in [-0.3, -0.25) is 0 Å². The third kappa shape index (κ3) is 2.98. The molecule has 2 nitrogen and oxygen atoms in total. The lowest BCUT2D eigenvalue weighted by Crippen LogP contribution is -2.17. The predicted octanol–water partition coefficient (Wildman–Crippen LogP) is 2.54. The Morgan fingerprint density at radius 2 is 2.27 bits per heavy atom. The number of hydrogen-bond acceptors (Lipinski definition) is 2. The molecular weight excluding hydrogens is 252 g/mol. The molecule has 1 aromatic rings. The van der Waals surface area contributed by atoms with E-state index in [1.165, 1.54) is 0 Å². The molecule has 1 aromatic carbocycles. The second-order valence-corrected chi connectivity index (χ2v) is 4.41. The van der Waals surface area contributed by atoms with Gasteiger partial charge in [0.05, 0.1) is 6.54 Å². The van der Waals surface area contributed by atoms with Crippen LogP contribution in [0, 0.1) is 12.3 Å². The maximum Gasteiger partial charge on any atom is 0.0788 e. The summed E-state index contributed by atoms with van der Waals surface area (Å²) in [6, 6.07) is 6.12. The van der Waals surface area contributed by atoms with Gasteiger partial charge in [-0.1, -0.05) is 27.9 Å². The molecule has 0 bridgehead atoms. The van der Waals surface area contributed by atoms with Crippen molar-refractivity contribution in [2.24, 2.45) is 5.73 Å². The molecule has 0 saturated heterocycles. The third-order valence-corrected chi connectivity index (χ3v) is 2.93. The van der Waals surface area contributed by atoms with Crippen molar-refractivity contribution in [1.29, 1.82) is 0 Å². The van der Waals surface area contributed by atoms with Gasteiger partial charge in [-0.2, -0.15) is 0 Å². The lowest BCUT2D eigenvalue weighted by molar-refractivity contribution is 0.812. The fraction of sp³-hybridized carbons (Fsp3) is 0.333. The molecule has 0 aliphatic rings. The minimum atomic E-state index is 0.0337.